The van der Waals surface area contributed by atoms with Gasteiger partial charge in [0.25, 0.3) is 5.91 Å². The van der Waals surface area contributed by atoms with Gasteiger partial charge in [0.2, 0.25) is 5.91 Å². The van der Waals surface area contributed by atoms with Crippen LogP contribution in [0.15, 0.2) is 77.3 Å². The first-order chi connectivity index (χ1) is 17.8. The maximum Gasteiger partial charge on any atom is 0.261 e. The first-order valence-electron chi connectivity index (χ1n) is 12.5. The van der Waals surface area contributed by atoms with E-state index in [0.29, 0.717) is 23.7 Å². The number of aryl methyl sites for hydroxylation is 1. The lowest BCUT2D eigenvalue weighted by molar-refractivity contribution is -0.142. The second-order valence-corrected chi connectivity index (χ2v) is 10.6. The molecule has 2 amide bonds. The minimum atomic E-state index is -0.737. The summed E-state index contributed by atoms with van der Waals surface area (Å²) in [6, 6.07) is 22.2. The molecule has 5 nitrogen and oxygen atoms in total. The normalized spacial score (nSPS) is 11.7. The van der Waals surface area contributed by atoms with Crippen LogP contribution in [0.25, 0.3) is 0 Å². The van der Waals surface area contributed by atoms with Crippen LogP contribution in [0, 0.1) is 5.92 Å². The predicted octanol–water partition coefficient (Wildman–Crippen LogP) is 6.46. The van der Waals surface area contributed by atoms with Gasteiger partial charge in [0.05, 0.1) is 4.47 Å². The molecule has 0 unspecified atom stereocenters. The number of hydrogen-bond acceptors (Lipinski definition) is 3. The van der Waals surface area contributed by atoms with Crippen molar-refractivity contribution in [1.82, 2.24) is 10.2 Å². The van der Waals surface area contributed by atoms with Crippen LogP contribution in [0.1, 0.15) is 37.5 Å². The smallest absolute Gasteiger partial charge is 0.261 e. The van der Waals surface area contributed by atoms with Crippen molar-refractivity contribution in [2.24, 2.45) is 5.92 Å². The van der Waals surface area contributed by atoms with Crippen molar-refractivity contribution in [3.8, 4) is 5.75 Å². The molecule has 7 heteroatoms. The van der Waals surface area contributed by atoms with Gasteiger partial charge < -0.3 is 15.0 Å². The molecule has 37 heavy (non-hydrogen) atoms. The predicted molar refractivity (Wildman–Crippen MR) is 153 cm³/mol. The van der Waals surface area contributed by atoms with Crippen LogP contribution in [0.4, 0.5) is 0 Å². The van der Waals surface area contributed by atoms with Gasteiger partial charge in [0, 0.05) is 24.5 Å². The van der Waals surface area contributed by atoms with E-state index in [9.17, 15) is 9.59 Å². The Balaban J connectivity index is 1.91. The molecule has 0 saturated heterocycles. The van der Waals surface area contributed by atoms with Crippen LogP contribution in [0.5, 0.6) is 5.75 Å². The molecule has 0 aliphatic rings. The average Bonchev–Trinajstić information content (AvgIpc) is 2.89. The lowest BCUT2D eigenvalue weighted by atomic mass is 10.0. The highest BCUT2D eigenvalue weighted by Crippen LogP contribution is 2.27. The topological polar surface area (TPSA) is 58.6 Å². The fraction of sp³-hybridized carbons (Fsp3) is 0.333. The van der Waals surface area contributed by atoms with Crippen molar-refractivity contribution in [2.45, 2.75) is 46.2 Å². The van der Waals surface area contributed by atoms with E-state index < -0.39 is 6.04 Å². The third-order valence-corrected chi connectivity index (χ3v) is 7.00. The number of benzene rings is 3. The molecule has 0 fully saturated rings. The van der Waals surface area contributed by atoms with E-state index in [4.69, 9.17) is 16.3 Å². The summed E-state index contributed by atoms with van der Waals surface area (Å²) in [6.45, 7) is 6.64. The summed E-state index contributed by atoms with van der Waals surface area (Å²) < 4.78 is 6.71. The highest BCUT2D eigenvalue weighted by atomic mass is 79.9. The highest BCUT2D eigenvalue weighted by Gasteiger charge is 2.31. The molecular weight excluding hydrogens is 552 g/mol. The molecule has 0 aliphatic heterocycles. The average molecular weight is 586 g/mol. The van der Waals surface area contributed by atoms with E-state index in [1.165, 1.54) is 0 Å². The largest absolute Gasteiger partial charge is 0.483 e. The van der Waals surface area contributed by atoms with E-state index in [1.54, 1.807) is 11.0 Å². The van der Waals surface area contributed by atoms with Crippen molar-refractivity contribution in [1.29, 1.82) is 0 Å². The quantitative estimate of drug-likeness (QED) is 0.266. The molecule has 0 aromatic heterocycles. The standard InChI is InChI=1S/C30H34BrClN2O3/c1-4-22-14-15-28(25(31)16-22)37-20-29(35)34(19-24-12-8-9-13-26(24)32)27(30(36)33-18-21(2)3)17-23-10-6-5-7-11-23/h5-16,21,27H,4,17-20H2,1-3H3,(H,33,36)/t27-/m1/s1. The van der Waals surface area contributed by atoms with Gasteiger partial charge in [0.1, 0.15) is 11.8 Å². The van der Waals surface area contributed by atoms with Gasteiger partial charge in [-0.15, -0.1) is 0 Å². The van der Waals surface area contributed by atoms with Crippen LogP contribution in [-0.2, 0) is 29.0 Å². The third-order valence-electron chi connectivity index (χ3n) is 6.01. The molecule has 0 radical (unpaired) electrons. The molecule has 3 aromatic rings. The van der Waals surface area contributed by atoms with Gasteiger partial charge in [0.15, 0.2) is 6.61 Å². The summed E-state index contributed by atoms with van der Waals surface area (Å²) in [4.78, 5) is 28.8. The molecule has 0 heterocycles. The van der Waals surface area contributed by atoms with Gasteiger partial charge in [-0.25, -0.2) is 0 Å². The van der Waals surface area contributed by atoms with Crippen LogP contribution in [-0.4, -0.2) is 35.9 Å². The molecular formula is C30H34BrClN2O3. The van der Waals surface area contributed by atoms with E-state index in [-0.39, 0.29) is 30.9 Å². The Hall–Kier alpha value is -2.83. The summed E-state index contributed by atoms with van der Waals surface area (Å²) in [6.07, 6.45) is 1.27. The number of carbonyl (C=O) groups excluding carboxylic acids is 2. The third kappa shape index (κ3) is 8.61. The Morgan fingerprint density at radius 2 is 1.70 bits per heavy atom. The van der Waals surface area contributed by atoms with Crippen LogP contribution >= 0.6 is 27.5 Å². The van der Waals surface area contributed by atoms with Gasteiger partial charge >= 0.3 is 0 Å². The zero-order chi connectivity index (χ0) is 26.8. The van der Waals surface area contributed by atoms with Gasteiger partial charge in [-0.3, -0.25) is 9.59 Å². The Morgan fingerprint density at radius 1 is 1.00 bits per heavy atom. The minimum absolute atomic E-state index is 0.185. The SMILES string of the molecule is CCc1ccc(OCC(=O)N(Cc2ccccc2Cl)[C@H](Cc2ccccc2)C(=O)NCC(C)C)c(Br)c1. The molecule has 3 rings (SSSR count). The summed E-state index contributed by atoms with van der Waals surface area (Å²) in [5, 5.41) is 3.56. The molecule has 0 aliphatic carbocycles. The molecule has 3 aromatic carbocycles. The van der Waals surface area contributed by atoms with E-state index in [1.807, 2.05) is 80.6 Å². The zero-order valence-electron chi connectivity index (χ0n) is 21.5. The number of rotatable bonds is 12. The molecule has 0 spiro atoms. The second-order valence-electron chi connectivity index (χ2n) is 9.36. The zero-order valence-corrected chi connectivity index (χ0v) is 23.9. The molecule has 1 N–H and O–H groups in total. The Labute approximate surface area is 233 Å². The number of nitrogens with zero attached hydrogens (tertiary/aromatic N) is 1. The van der Waals surface area contributed by atoms with Crippen LogP contribution in [0.3, 0.4) is 0 Å². The second kappa shape index (κ2) is 14.2. The maximum absolute atomic E-state index is 13.7. The maximum atomic E-state index is 13.7. The molecule has 0 bridgehead atoms. The first kappa shape index (κ1) is 28.7. The minimum Gasteiger partial charge on any atom is -0.483 e. The summed E-state index contributed by atoms with van der Waals surface area (Å²) >= 11 is 10.0. The van der Waals surface area contributed by atoms with Gasteiger partial charge in [-0.2, -0.15) is 0 Å². The number of ether oxygens (including phenoxy) is 1. The van der Waals surface area contributed by atoms with Crippen molar-refractivity contribution in [3.05, 3.63) is 99.0 Å². The van der Waals surface area contributed by atoms with E-state index in [0.717, 1.165) is 27.6 Å². The van der Waals surface area contributed by atoms with Crippen molar-refractivity contribution >= 4 is 39.3 Å². The molecule has 1 atom stereocenters. The van der Waals surface area contributed by atoms with Crippen molar-refractivity contribution in [3.63, 3.8) is 0 Å². The fourth-order valence-electron chi connectivity index (χ4n) is 3.89. The summed E-state index contributed by atoms with van der Waals surface area (Å²) in [7, 11) is 0. The van der Waals surface area contributed by atoms with Gasteiger partial charge in [-0.1, -0.05) is 87.0 Å². The van der Waals surface area contributed by atoms with Crippen LogP contribution < -0.4 is 10.1 Å². The van der Waals surface area contributed by atoms with Crippen LogP contribution in [0.2, 0.25) is 5.02 Å². The number of amides is 2. The van der Waals surface area contributed by atoms with E-state index in [2.05, 4.69) is 28.2 Å². The fourth-order valence-corrected chi connectivity index (χ4v) is 4.63. The van der Waals surface area contributed by atoms with Gasteiger partial charge in [-0.05, 0) is 63.2 Å². The Kier molecular flexibility index (Phi) is 11.0. The number of hydrogen-bond donors (Lipinski definition) is 1. The van der Waals surface area contributed by atoms with E-state index >= 15 is 0 Å². The number of nitrogens with one attached hydrogen (secondary N) is 1. The Morgan fingerprint density at radius 3 is 2.35 bits per heavy atom. The first-order valence-corrected chi connectivity index (χ1v) is 13.7. The molecule has 196 valence electrons. The lowest BCUT2D eigenvalue weighted by Gasteiger charge is -2.32. The summed E-state index contributed by atoms with van der Waals surface area (Å²) in [5.74, 6) is 0.353. The monoisotopic (exact) mass is 584 g/mol. The summed E-state index contributed by atoms with van der Waals surface area (Å²) in [5.41, 5.74) is 2.89. The highest BCUT2D eigenvalue weighted by molar-refractivity contribution is 9.10. The Bertz CT molecular complexity index is 1190. The number of halogens is 2. The number of carbonyl (C=O) groups is 2. The lowest BCUT2D eigenvalue weighted by Crippen LogP contribution is -2.52. The van der Waals surface area contributed by atoms with Crippen molar-refractivity contribution < 1.29 is 14.3 Å². The van der Waals surface area contributed by atoms with Crippen molar-refractivity contribution in [2.75, 3.05) is 13.2 Å². The molecule has 0 saturated carbocycles.